The molecule has 0 fully saturated rings. The standard InChI is InChI=1S/C14H8ClFINO2/c15-10-2-1-3-11(16)9(10)7-18-12-6-8(17)4-5-13(12)20-14(18)19/h1-6H,7H2. The average molecular weight is 404 g/mol. The largest absolute Gasteiger partial charge is 0.420 e. The minimum absolute atomic E-state index is 0.0391. The Balaban J connectivity index is 2.18. The van der Waals surface area contributed by atoms with Crippen LogP contribution in [0.4, 0.5) is 4.39 Å². The van der Waals surface area contributed by atoms with Gasteiger partial charge in [-0.2, -0.15) is 0 Å². The molecule has 1 heterocycles. The van der Waals surface area contributed by atoms with E-state index in [0.29, 0.717) is 11.1 Å². The predicted molar refractivity (Wildman–Crippen MR) is 83.7 cm³/mol. The van der Waals surface area contributed by atoms with Crippen LogP contribution in [-0.4, -0.2) is 4.57 Å². The second kappa shape index (κ2) is 5.21. The van der Waals surface area contributed by atoms with Crippen LogP contribution in [0.15, 0.2) is 45.6 Å². The number of oxazole rings is 1. The third kappa shape index (κ3) is 2.35. The van der Waals surface area contributed by atoms with Gasteiger partial charge in [0.2, 0.25) is 0 Å². The Morgan fingerprint density at radius 1 is 1.30 bits per heavy atom. The lowest BCUT2D eigenvalue weighted by molar-refractivity contribution is 0.512. The molecule has 0 saturated heterocycles. The van der Waals surface area contributed by atoms with Crippen LogP contribution in [0.5, 0.6) is 0 Å². The fraction of sp³-hybridized carbons (Fsp3) is 0.0714. The third-order valence-electron chi connectivity index (χ3n) is 3.01. The molecule has 0 bridgehead atoms. The van der Waals surface area contributed by atoms with E-state index in [1.54, 1.807) is 12.1 Å². The molecule has 0 amide bonds. The van der Waals surface area contributed by atoms with Crippen LogP contribution in [0.3, 0.4) is 0 Å². The summed E-state index contributed by atoms with van der Waals surface area (Å²) in [5, 5.41) is 0.289. The van der Waals surface area contributed by atoms with Crippen molar-refractivity contribution in [2.45, 2.75) is 6.54 Å². The number of hydrogen-bond acceptors (Lipinski definition) is 2. The van der Waals surface area contributed by atoms with Crippen LogP contribution in [0.25, 0.3) is 11.1 Å². The monoisotopic (exact) mass is 403 g/mol. The topological polar surface area (TPSA) is 35.1 Å². The summed E-state index contributed by atoms with van der Waals surface area (Å²) < 4.78 is 21.3. The second-order valence-corrected chi connectivity index (χ2v) is 5.92. The van der Waals surface area contributed by atoms with Crippen LogP contribution in [0, 0.1) is 9.39 Å². The van der Waals surface area contributed by atoms with Gasteiger partial charge in [-0.1, -0.05) is 17.7 Å². The number of aromatic nitrogens is 1. The lowest BCUT2D eigenvalue weighted by atomic mass is 10.2. The maximum Gasteiger partial charge on any atom is 0.420 e. The summed E-state index contributed by atoms with van der Waals surface area (Å²) in [6, 6.07) is 9.81. The lowest BCUT2D eigenvalue weighted by Crippen LogP contribution is -2.16. The third-order valence-corrected chi connectivity index (χ3v) is 4.03. The van der Waals surface area contributed by atoms with Crippen molar-refractivity contribution in [2.75, 3.05) is 0 Å². The van der Waals surface area contributed by atoms with Crippen molar-refractivity contribution in [1.82, 2.24) is 4.57 Å². The van der Waals surface area contributed by atoms with Crippen LogP contribution in [-0.2, 0) is 6.54 Å². The maximum absolute atomic E-state index is 13.8. The summed E-state index contributed by atoms with van der Waals surface area (Å²) in [5.74, 6) is -0.967. The van der Waals surface area contributed by atoms with Crippen molar-refractivity contribution >= 4 is 45.3 Å². The number of fused-ring (bicyclic) bond motifs is 1. The lowest BCUT2D eigenvalue weighted by Gasteiger charge is -2.06. The van der Waals surface area contributed by atoms with Gasteiger partial charge in [-0.25, -0.2) is 9.18 Å². The highest BCUT2D eigenvalue weighted by Gasteiger charge is 2.14. The first-order chi connectivity index (χ1) is 9.56. The minimum atomic E-state index is -0.527. The van der Waals surface area contributed by atoms with Crippen molar-refractivity contribution in [3.05, 3.63) is 66.9 Å². The Labute approximate surface area is 132 Å². The number of rotatable bonds is 2. The Morgan fingerprint density at radius 2 is 2.10 bits per heavy atom. The van der Waals surface area contributed by atoms with E-state index < -0.39 is 11.6 Å². The van der Waals surface area contributed by atoms with Gasteiger partial charge in [-0.05, 0) is 52.9 Å². The van der Waals surface area contributed by atoms with E-state index in [1.165, 1.54) is 16.7 Å². The molecule has 0 spiro atoms. The van der Waals surface area contributed by atoms with Crippen LogP contribution >= 0.6 is 34.2 Å². The molecule has 0 N–H and O–H groups in total. The fourth-order valence-corrected chi connectivity index (χ4v) is 2.72. The zero-order chi connectivity index (χ0) is 14.3. The van der Waals surface area contributed by atoms with Crippen LogP contribution in [0.1, 0.15) is 5.56 Å². The zero-order valence-corrected chi connectivity index (χ0v) is 13.0. The highest BCUT2D eigenvalue weighted by molar-refractivity contribution is 14.1. The summed E-state index contributed by atoms with van der Waals surface area (Å²) in [7, 11) is 0. The van der Waals surface area contributed by atoms with E-state index in [2.05, 4.69) is 22.6 Å². The highest BCUT2D eigenvalue weighted by atomic mass is 127. The molecule has 0 saturated carbocycles. The molecule has 3 rings (SSSR count). The molecule has 0 aliphatic heterocycles. The molecule has 0 atom stereocenters. The van der Waals surface area contributed by atoms with Crippen molar-refractivity contribution in [1.29, 1.82) is 0 Å². The van der Waals surface area contributed by atoms with Crippen molar-refractivity contribution < 1.29 is 8.81 Å². The van der Waals surface area contributed by atoms with Gasteiger partial charge in [0.05, 0.1) is 12.1 Å². The second-order valence-electron chi connectivity index (χ2n) is 4.27. The SMILES string of the molecule is O=c1oc2ccc(I)cc2n1Cc1c(F)cccc1Cl. The number of benzene rings is 2. The number of halogens is 3. The molecule has 20 heavy (non-hydrogen) atoms. The van der Waals surface area contributed by atoms with Crippen LogP contribution in [0.2, 0.25) is 5.02 Å². The Hall–Kier alpha value is -1.34. The first-order valence-electron chi connectivity index (χ1n) is 5.78. The molecule has 0 aliphatic rings. The van der Waals surface area contributed by atoms with Crippen molar-refractivity contribution in [2.24, 2.45) is 0 Å². The van der Waals surface area contributed by atoms with E-state index in [-0.39, 0.29) is 17.1 Å². The number of hydrogen-bond donors (Lipinski definition) is 0. The Morgan fingerprint density at radius 3 is 2.85 bits per heavy atom. The van der Waals surface area contributed by atoms with E-state index in [9.17, 15) is 9.18 Å². The van der Waals surface area contributed by atoms with Gasteiger partial charge in [0.25, 0.3) is 0 Å². The summed E-state index contributed by atoms with van der Waals surface area (Å²) in [4.78, 5) is 11.9. The molecule has 102 valence electrons. The van der Waals surface area contributed by atoms with Crippen molar-refractivity contribution in [3.63, 3.8) is 0 Å². The average Bonchev–Trinajstić information content (AvgIpc) is 2.70. The van der Waals surface area contributed by atoms with Gasteiger partial charge in [-0.15, -0.1) is 0 Å². The highest BCUT2D eigenvalue weighted by Crippen LogP contribution is 2.22. The summed E-state index contributed by atoms with van der Waals surface area (Å²) >= 11 is 8.13. The smallest absolute Gasteiger partial charge is 0.408 e. The molecular weight excluding hydrogens is 396 g/mol. The molecular formula is C14H8ClFINO2. The quantitative estimate of drug-likeness (QED) is 0.606. The normalized spacial score (nSPS) is 11.2. The molecule has 1 aromatic heterocycles. The van der Waals surface area contributed by atoms with Crippen LogP contribution < -0.4 is 5.76 Å². The van der Waals surface area contributed by atoms with Gasteiger partial charge in [0.15, 0.2) is 5.58 Å². The van der Waals surface area contributed by atoms with Gasteiger partial charge in [0, 0.05) is 14.2 Å². The van der Waals surface area contributed by atoms with Gasteiger partial charge in [0.1, 0.15) is 5.82 Å². The predicted octanol–water partition coefficient (Wildman–Crippen LogP) is 4.04. The first kappa shape index (κ1) is 13.6. The summed E-state index contributed by atoms with van der Waals surface area (Å²) in [6.45, 7) is 0.0391. The minimum Gasteiger partial charge on any atom is -0.408 e. The maximum atomic E-state index is 13.8. The summed E-state index contributed by atoms with van der Waals surface area (Å²) in [5.41, 5.74) is 1.38. The van der Waals surface area contributed by atoms with Crippen molar-refractivity contribution in [3.8, 4) is 0 Å². The zero-order valence-electron chi connectivity index (χ0n) is 10.1. The molecule has 6 heteroatoms. The van der Waals surface area contributed by atoms with Gasteiger partial charge in [-0.3, -0.25) is 4.57 Å². The van der Waals surface area contributed by atoms with Gasteiger partial charge >= 0.3 is 5.76 Å². The Kier molecular flexibility index (Phi) is 3.55. The van der Waals surface area contributed by atoms with Gasteiger partial charge < -0.3 is 4.42 Å². The van der Waals surface area contributed by atoms with E-state index >= 15 is 0 Å². The van der Waals surface area contributed by atoms with E-state index in [0.717, 1.165) is 3.57 Å². The number of nitrogens with zero attached hydrogens (tertiary/aromatic N) is 1. The first-order valence-corrected chi connectivity index (χ1v) is 7.24. The fourth-order valence-electron chi connectivity index (χ4n) is 2.03. The molecule has 0 radical (unpaired) electrons. The molecule has 2 aromatic carbocycles. The molecule has 3 nitrogen and oxygen atoms in total. The molecule has 3 aromatic rings. The molecule has 0 unspecified atom stereocenters. The summed E-state index contributed by atoms with van der Waals surface area (Å²) in [6.07, 6.45) is 0. The molecule has 0 aliphatic carbocycles. The Bertz CT molecular complexity index is 836. The van der Waals surface area contributed by atoms with E-state index in [4.69, 9.17) is 16.0 Å². The van der Waals surface area contributed by atoms with E-state index in [1.807, 2.05) is 12.1 Å².